The number of thiocarbonyl (C=S) groups is 1. The molecule has 1 saturated heterocycles. The van der Waals surface area contributed by atoms with E-state index in [9.17, 15) is 0 Å². The maximum absolute atomic E-state index is 5.87. The molecule has 2 aromatic heterocycles. The molecular weight excluding hydrogens is 432 g/mol. The Morgan fingerprint density at radius 1 is 0.909 bits per heavy atom. The number of anilines is 1. The smallest absolute Gasteiger partial charge is 0.174 e. The van der Waals surface area contributed by atoms with Crippen molar-refractivity contribution >= 4 is 23.0 Å². The third-order valence-corrected chi connectivity index (χ3v) is 6.18. The number of benzene rings is 2. The fourth-order valence-electron chi connectivity index (χ4n) is 4.36. The van der Waals surface area contributed by atoms with Crippen LogP contribution in [0.25, 0.3) is 5.69 Å². The van der Waals surface area contributed by atoms with E-state index < -0.39 is 0 Å². The van der Waals surface area contributed by atoms with Crippen LogP contribution in [0.3, 0.4) is 0 Å². The van der Waals surface area contributed by atoms with E-state index in [0.29, 0.717) is 10.9 Å². The molecule has 1 N–H and O–H groups in total. The first-order valence-corrected chi connectivity index (χ1v) is 11.1. The molecule has 0 spiro atoms. The van der Waals surface area contributed by atoms with E-state index in [-0.39, 0.29) is 12.1 Å². The largest absolute Gasteiger partial charge is 0.497 e. The van der Waals surface area contributed by atoms with E-state index in [0.717, 1.165) is 28.5 Å². The number of rotatable bonds is 6. The van der Waals surface area contributed by atoms with Crippen LogP contribution in [0.1, 0.15) is 23.5 Å². The van der Waals surface area contributed by atoms with Gasteiger partial charge in [0.15, 0.2) is 5.11 Å². The van der Waals surface area contributed by atoms with Crippen LogP contribution >= 0.6 is 12.2 Å². The second-order valence-corrected chi connectivity index (χ2v) is 8.06. The second-order valence-electron chi connectivity index (χ2n) is 7.67. The van der Waals surface area contributed by atoms with Crippen molar-refractivity contribution in [1.82, 2.24) is 14.9 Å². The van der Waals surface area contributed by atoms with Crippen LogP contribution in [0.15, 0.2) is 91.3 Å². The van der Waals surface area contributed by atoms with Gasteiger partial charge in [0.2, 0.25) is 0 Å². The normalized spacial score (nSPS) is 17.6. The quantitative estimate of drug-likeness (QED) is 0.409. The first-order valence-electron chi connectivity index (χ1n) is 10.7. The minimum absolute atomic E-state index is 0.150. The minimum atomic E-state index is -0.162. The number of pyridine rings is 1. The van der Waals surface area contributed by atoms with Gasteiger partial charge in [0, 0.05) is 29.8 Å². The summed E-state index contributed by atoms with van der Waals surface area (Å²) in [5.74, 6) is 1.40. The lowest BCUT2D eigenvalue weighted by Crippen LogP contribution is -2.30. The lowest BCUT2D eigenvalue weighted by Gasteiger charge is -2.30. The molecule has 7 heteroatoms. The van der Waals surface area contributed by atoms with Gasteiger partial charge in [0.25, 0.3) is 0 Å². The summed E-state index contributed by atoms with van der Waals surface area (Å²) < 4.78 is 13.3. The maximum atomic E-state index is 5.87. The molecule has 0 bridgehead atoms. The van der Waals surface area contributed by atoms with Crippen LogP contribution in [0.4, 0.5) is 5.69 Å². The zero-order valence-electron chi connectivity index (χ0n) is 18.4. The lowest BCUT2D eigenvalue weighted by molar-refractivity contribution is 0.394. The van der Waals surface area contributed by atoms with Gasteiger partial charge in [0.05, 0.1) is 31.6 Å². The third kappa shape index (κ3) is 3.81. The molecule has 166 valence electrons. The standard InChI is InChI=1S/C26H24N4O2S/c1-31-19-13-14-21(23(17-19)32-2)30-25(24(28-26(30)33)20-11-6-7-15-27-20)22-12-8-16-29(22)18-9-4-3-5-10-18/h3-17,24-25H,1-2H3,(H,28,33)/t24-,25-/m0/s1. The van der Waals surface area contributed by atoms with Gasteiger partial charge in [-0.05, 0) is 60.7 Å². The second kappa shape index (κ2) is 8.96. The molecule has 1 aliphatic rings. The molecule has 1 fully saturated rings. The van der Waals surface area contributed by atoms with Gasteiger partial charge in [-0.1, -0.05) is 24.3 Å². The summed E-state index contributed by atoms with van der Waals surface area (Å²) in [6, 6.07) is 25.9. The Balaban J connectivity index is 1.69. The number of nitrogens with one attached hydrogen (secondary N) is 1. The van der Waals surface area contributed by atoms with Crippen molar-refractivity contribution < 1.29 is 9.47 Å². The van der Waals surface area contributed by atoms with Crippen molar-refractivity contribution in [3.63, 3.8) is 0 Å². The summed E-state index contributed by atoms with van der Waals surface area (Å²) in [4.78, 5) is 6.76. The SMILES string of the molecule is COc1ccc(N2C(=S)N[C@@H](c3ccccn3)[C@@H]2c2cccn2-c2ccccc2)c(OC)c1. The summed E-state index contributed by atoms with van der Waals surface area (Å²) in [6.45, 7) is 0. The van der Waals surface area contributed by atoms with Crippen molar-refractivity contribution in [3.8, 4) is 17.2 Å². The Kier molecular flexibility index (Phi) is 5.71. The molecular formula is C26H24N4O2S. The van der Waals surface area contributed by atoms with Gasteiger partial charge in [-0.15, -0.1) is 0 Å². The molecule has 6 nitrogen and oxygen atoms in total. The van der Waals surface area contributed by atoms with Gasteiger partial charge >= 0.3 is 0 Å². The molecule has 4 aromatic rings. The highest BCUT2D eigenvalue weighted by atomic mass is 32.1. The number of hydrogen-bond donors (Lipinski definition) is 1. The fraction of sp³-hybridized carbons (Fsp3) is 0.154. The van der Waals surface area contributed by atoms with Crippen molar-refractivity contribution in [3.05, 3.63) is 103 Å². The Hall–Kier alpha value is -3.84. The molecule has 0 unspecified atom stereocenters. The molecule has 0 radical (unpaired) electrons. The Labute approximate surface area is 198 Å². The van der Waals surface area contributed by atoms with E-state index in [1.54, 1.807) is 14.2 Å². The average Bonchev–Trinajstić information content (AvgIpc) is 3.49. The van der Waals surface area contributed by atoms with E-state index in [2.05, 4.69) is 50.2 Å². The topological polar surface area (TPSA) is 51.5 Å². The number of aromatic nitrogens is 2. The number of para-hydroxylation sites is 1. The Morgan fingerprint density at radius 2 is 1.73 bits per heavy atom. The van der Waals surface area contributed by atoms with Crippen LogP contribution in [-0.4, -0.2) is 28.9 Å². The van der Waals surface area contributed by atoms with Gasteiger partial charge < -0.3 is 24.3 Å². The molecule has 2 atom stereocenters. The van der Waals surface area contributed by atoms with Crippen molar-refractivity contribution in [1.29, 1.82) is 0 Å². The van der Waals surface area contributed by atoms with Crippen molar-refractivity contribution in [2.24, 2.45) is 0 Å². The van der Waals surface area contributed by atoms with Crippen molar-refractivity contribution in [2.75, 3.05) is 19.1 Å². The number of methoxy groups -OCH3 is 2. The minimum Gasteiger partial charge on any atom is -0.497 e. The molecule has 0 saturated carbocycles. The Morgan fingerprint density at radius 3 is 2.45 bits per heavy atom. The van der Waals surface area contributed by atoms with E-state index in [4.69, 9.17) is 21.7 Å². The monoisotopic (exact) mass is 456 g/mol. The van der Waals surface area contributed by atoms with E-state index in [1.165, 1.54) is 0 Å². The number of hydrogen-bond acceptors (Lipinski definition) is 4. The first-order chi connectivity index (χ1) is 16.2. The predicted molar refractivity (Wildman–Crippen MR) is 133 cm³/mol. The predicted octanol–water partition coefficient (Wildman–Crippen LogP) is 5.07. The molecule has 2 aromatic carbocycles. The van der Waals surface area contributed by atoms with Crippen LogP contribution in [0.2, 0.25) is 0 Å². The molecule has 0 amide bonds. The summed E-state index contributed by atoms with van der Waals surface area (Å²) in [5.41, 5.74) is 3.94. The fourth-order valence-corrected chi connectivity index (χ4v) is 4.70. The lowest BCUT2D eigenvalue weighted by atomic mass is 10.0. The first kappa shape index (κ1) is 21.0. The molecule has 1 aliphatic heterocycles. The maximum Gasteiger partial charge on any atom is 0.174 e. The van der Waals surface area contributed by atoms with Crippen LogP contribution in [-0.2, 0) is 0 Å². The highest BCUT2D eigenvalue weighted by molar-refractivity contribution is 7.80. The molecule has 0 aliphatic carbocycles. The van der Waals surface area contributed by atoms with Gasteiger partial charge in [-0.3, -0.25) is 4.98 Å². The summed E-state index contributed by atoms with van der Waals surface area (Å²) in [7, 11) is 3.30. The van der Waals surface area contributed by atoms with E-state index >= 15 is 0 Å². The number of nitrogens with zero attached hydrogens (tertiary/aromatic N) is 3. The average molecular weight is 457 g/mol. The molecule has 5 rings (SSSR count). The highest BCUT2D eigenvalue weighted by Gasteiger charge is 2.43. The molecule has 33 heavy (non-hydrogen) atoms. The van der Waals surface area contributed by atoms with Crippen LogP contribution < -0.4 is 19.7 Å². The molecule has 3 heterocycles. The van der Waals surface area contributed by atoms with Crippen LogP contribution in [0, 0.1) is 0 Å². The third-order valence-electron chi connectivity index (χ3n) is 5.86. The Bertz CT molecular complexity index is 1260. The zero-order chi connectivity index (χ0) is 22.8. The highest BCUT2D eigenvalue weighted by Crippen LogP contribution is 2.45. The number of ether oxygens (including phenoxy) is 2. The summed E-state index contributed by atoms with van der Waals surface area (Å²) >= 11 is 5.87. The van der Waals surface area contributed by atoms with Gasteiger partial charge in [-0.2, -0.15) is 0 Å². The van der Waals surface area contributed by atoms with Gasteiger partial charge in [0.1, 0.15) is 17.5 Å². The van der Waals surface area contributed by atoms with E-state index in [1.807, 2.05) is 60.8 Å². The summed E-state index contributed by atoms with van der Waals surface area (Å²) in [5, 5.41) is 4.12. The zero-order valence-corrected chi connectivity index (χ0v) is 19.2. The van der Waals surface area contributed by atoms with Crippen molar-refractivity contribution in [2.45, 2.75) is 12.1 Å². The van der Waals surface area contributed by atoms with Crippen LogP contribution in [0.5, 0.6) is 11.5 Å². The summed E-state index contributed by atoms with van der Waals surface area (Å²) in [6.07, 6.45) is 3.88. The van der Waals surface area contributed by atoms with Gasteiger partial charge in [-0.25, -0.2) is 0 Å².